The van der Waals surface area contributed by atoms with E-state index in [-0.39, 0.29) is 18.9 Å². The highest BCUT2D eigenvalue weighted by Crippen LogP contribution is 2.28. The molecule has 80 valence electrons. The highest BCUT2D eigenvalue weighted by atomic mass is 79.9. The summed E-state index contributed by atoms with van der Waals surface area (Å²) in [7, 11) is 0. The van der Waals surface area contributed by atoms with Crippen LogP contribution in [0, 0.1) is 5.82 Å². The van der Waals surface area contributed by atoms with Crippen molar-refractivity contribution < 1.29 is 14.3 Å². The third-order valence-corrected chi connectivity index (χ3v) is 2.79. The van der Waals surface area contributed by atoms with Gasteiger partial charge in [0.1, 0.15) is 10.4 Å². The van der Waals surface area contributed by atoms with Gasteiger partial charge in [-0.3, -0.25) is 4.79 Å². The van der Waals surface area contributed by atoms with Gasteiger partial charge >= 0.3 is 0 Å². The van der Waals surface area contributed by atoms with E-state index in [1.54, 1.807) is 0 Å². The molecule has 4 nitrogen and oxygen atoms in total. The second-order valence-electron chi connectivity index (χ2n) is 3.33. The lowest BCUT2D eigenvalue weighted by atomic mass is 10.3. The van der Waals surface area contributed by atoms with Crippen molar-refractivity contribution in [2.75, 3.05) is 11.4 Å². The van der Waals surface area contributed by atoms with E-state index < -0.39 is 11.9 Å². The van der Waals surface area contributed by atoms with E-state index in [1.807, 2.05) is 0 Å². The maximum atomic E-state index is 12.9. The summed E-state index contributed by atoms with van der Waals surface area (Å²) in [5.74, 6) is -0.738. The molecule has 1 amide bonds. The van der Waals surface area contributed by atoms with Crippen LogP contribution in [-0.2, 0) is 4.79 Å². The van der Waals surface area contributed by atoms with Crippen molar-refractivity contribution >= 4 is 27.5 Å². The number of carbonyl (C=O) groups excluding carboxylic acids is 1. The molecule has 1 unspecified atom stereocenters. The number of β-amino-alcohol motifs (C(OH)–C–C–N with tert-alkyl or cyclic N) is 1. The van der Waals surface area contributed by atoms with Gasteiger partial charge in [-0.1, -0.05) is 0 Å². The molecule has 2 rings (SSSR count). The SMILES string of the molecule is O=C1CC(O)CN1c1cc(F)cnc1Br. The van der Waals surface area contributed by atoms with Gasteiger partial charge in [0, 0.05) is 6.07 Å². The molecule has 1 saturated heterocycles. The van der Waals surface area contributed by atoms with Crippen LogP contribution < -0.4 is 4.90 Å². The molecule has 2 heterocycles. The van der Waals surface area contributed by atoms with Gasteiger partial charge in [0.05, 0.1) is 31.0 Å². The molecule has 1 aliphatic rings. The summed E-state index contributed by atoms with van der Waals surface area (Å²) in [4.78, 5) is 16.5. The Morgan fingerprint density at radius 3 is 3.00 bits per heavy atom. The number of rotatable bonds is 1. The van der Waals surface area contributed by atoms with E-state index in [0.29, 0.717) is 10.3 Å². The van der Waals surface area contributed by atoms with Crippen LogP contribution in [0.15, 0.2) is 16.9 Å². The van der Waals surface area contributed by atoms with E-state index in [9.17, 15) is 14.3 Å². The zero-order valence-electron chi connectivity index (χ0n) is 7.65. The Hall–Kier alpha value is -1.01. The number of aromatic nitrogens is 1. The summed E-state index contributed by atoms with van der Waals surface area (Å²) in [5, 5.41) is 9.30. The van der Waals surface area contributed by atoms with Crippen molar-refractivity contribution in [3.63, 3.8) is 0 Å². The molecular formula is C9H8BrFN2O2. The Morgan fingerprint density at radius 2 is 2.40 bits per heavy atom. The van der Waals surface area contributed by atoms with Crippen LogP contribution >= 0.6 is 15.9 Å². The molecule has 1 aromatic rings. The predicted molar refractivity (Wildman–Crippen MR) is 54.9 cm³/mol. The van der Waals surface area contributed by atoms with Crippen molar-refractivity contribution in [3.8, 4) is 0 Å². The fourth-order valence-electron chi connectivity index (χ4n) is 1.52. The normalized spacial score (nSPS) is 21.1. The Balaban J connectivity index is 2.37. The number of hydrogen-bond acceptors (Lipinski definition) is 3. The van der Waals surface area contributed by atoms with Crippen molar-refractivity contribution in [1.82, 2.24) is 4.98 Å². The van der Waals surface area contributed by atoms with E-state index in [0.717, 1.165) is 6.20 Å². The highest BCUT2D eigenvalue weighted by molar-refractivity contribution is 9.10. The molecule has 0 radical (unpaired) electrons. The van der Waals surface area contributed by atoms with Gasteiger partial charge in [-0.05, 0) is 15.9 Å². The first-order valence-corrected chi connectivity index (χ1v) is 5.16. The fraction of sp³-hybridized carbons (Fsp3) is 0.333. The summed E-state index contributed by atoms with van der Waals surface area (Å²) in [6, 6.07) is 1.22. The smallest absolute Gasteiger partial charge is 0.229 e. The first-order chi connectivity index (χ1) is 7.08. The second-order valence-corrected chi connectivity index (χ2v) is 4.08. The number of aliphatic hydroxyl groups excluding tert-OH is 1. The number of anilines is 1. The Kier molecular flexibility index (Phi) is 2.70. The Morgan fingerprint density at radius 1 is 1.67 bits per heavy atom. The number of hydrogen-bond donors (Lipinski definition) is 1. The average molecular weight is 275 g/mol. The summed E-state index contributed by atoms with van der Waals surface area (Å²) < 4.78 is 13.3. The third-order valence-electron chi connectivity index (χ3n) is 2.18. The van der Waals surface area contributed by atoms with E-state index in [2.05, 4.69) is 20.9 Å². The first kappa shape index (κ1) is 10.5. The fourth-order valence-corrected chi connectivity index (χ4v) is 1.95. The van der Waals surface area contributed by atoms with E-state index >= 15 is 0 Å². The molecular weight excluding hydrogens is 267 g/mol. The molecule has 0 aromatic carbocycles. The van der Waals surface area contributed by atoms with Crippen LogP contribution in [0.3, 0.4) is 0 Å². The molecule has 0 spiro atoms. The molecule has 6 heteroatoms. The number of nitrogens with zero attached hydrogens (tertiary/aromatic N) is 2. The minimum Gasteiger partial charge on any atom is -0.391 e. The van der Waals surface area contributed by atoms with Gasteiger partial charge in [-0.2, -0.15) is 0 Å². The molecule has 1 fully saturated rings. The average Bonchev–Trinajstić information content (AvgIpc) is 2.50. The zero-order valence-corrected chi connectivity index (χ0v) is 9.24. The molecule has 0 bridgehead atoms. The second kappa shape index (κ2) is 3.86. The lowest BCUT2D eigenvalue weighted by molar-refractivity contribution is -0.117. The van der Waals surface area contributed by atoms with Crippen molar-refractivity contribution in [1.29, 1.82) is 0 Å². The summed E-state index contributed by atoms with van der Waals surface area (Å²) in [6.45, 7) is 0.183. The van der Waals surface area contributed by atoms with Gasteiger partial charge in [-0.15, -0.1) is 0 Å². The monoisotopic (exact) mass is 274 g/mol. The molecule has 1 aromatic heterocycles. The maximum Gasteiger partial charge on any atom is 0.229 e. The van der Waals surface area contributed by atoms with Crippen LogP contribution in [-0.4, -0.2) is 28.6 Å². The van der Waals surface area contributed by atoms with Crippen LogP contribution in [0.4, 0.5) is 10.1 Å². The maximum absolute atomic E-state index is 12.9. The van der Waals surface area contributed by atoms with Gasteiger partial charge in [0.25, 0.3) is 0 Å². The van der Waals surface area contributed by atoms with Gasteiger partial charge in [0.2, 0.25) is 5.91 Å². The van der Waals surface area contributed by atoms with Crippen molar-refractivity contribution in [2.24, 2.45) is 0 Å². The topological polar surface area (TPSA) is 53.4 Å². The first-order valence-electron chi connectivity index (χ1n) is 4.37. The van der Waals surface area contributed by atoms with Crippen LogP contribution in [0.2, 0.25) is 0 Å². The van der Waals surface area contributed by atoms with E-state index in [1.165, 1.54) is 11.0 Å². The predicted octanol–water partition coefficient (Wildman–Crippen LogP) is 1.08. The van der Waals surface area contributed by atoms with Crippen LogP contribution in [0.5, 0.6) is 0 Å². The number of aliphatic hydroxyl groups is 1. The summed E-state index contributed by atoms with van der Waals surface area (Å²) >= 11 is 3.13. The Labute approximate surface area is 93.9 Å². The molecule has 0 aliphatic carbocycles. The highest BCUT2D eigenvalue weighted by Gasteiger charge is 2.30. The minimum atomic E-state index is -0.687. The lowest BCUT2D eigenvalue weighted by Crippen LogP contribution is -2.25. The summed E-state index contributed by atoms with van der Waals surface area (Å²) in [6.07, 6.45) is 0.445. The van der Waals surface area contributed by atoms with Gasteiger partial charge in [-0.25, -0.2) is 9.37 Å². The largest absolute Gasteiger partial charge is 0.391 e. The third kappa shape index (κ3) is 2.00. The molecule has 15 heavy (non-hydrogen) atoms. The molecule has 1 aliphatic heterocycles. The minimum absolute atomic E-state index is 0.0724. The number of carbonyl (C=O) groups is 1. The quantitative estimate of drug-likeness (QED) is 0.780. The van der Waals surface area contributed by atoms with E-state index in [4.69, 9.17) is 0 Å². The molecule has 1 N–H and O–H groups in total. The number of amides is 1. The van der Waals surface area contributed by atoms with Gasteiger partial charge in [0.15, 0.2) is 0 Å². The standard InChI is InChI=1S/C9H8BrFN2O2/c10-9-7(1-5(11)3-12-9)13-4-6(14)2-8(13)15/h1,3,6,14H,2,4H2. The van der Waals surface area contributed by atoms with Crippen LogP contribution in [0.1, 0.15) is 6.42 Å². The number of halogens is 2. The zero-order chi connectivity index (χ0) is 11.0. The molecule has 1 atom stereocenters. The van der Waals surface area contributed by atoms with Crippen molar-refractivity contribution in [2.45, 2.75) is 12.5 Å². The lowest BCUT2D eigenvalue weighted by Gasteiger charge is -2.16. The van der Waals surface area contributed by atoms with Crippen molar-refractivity contribution in [3.05, 3.63) is 22.7 Å². The number of pyridine rings is 1. The molecule has 0 saturated carbocycles. The summed E-state index contributed by atoms with van der Waals surface area (Å²) in [5.41, 5.74) is 0.358. The van der Waals surface area contributed by atoms with Gasteiger partial charge < -0.3 is 10.0 Å². The van der Waals surface area contributed by atoms with Crippen LogP contribution in [0.25, 0.3) is 0 Å². The Bertz CT molecular complexity index is 413.